The molecule has 0 spiro atoms. The highest BCUT2D eigenvalue weighted by atomic mass is 32.1. The van der Waals surface area contributed by atoms with Crippen LogP contribution in [0.1, 0.15) is 6.42 Å². The van der Waals surface area contributed by atoms with Crippen LogP contribution < -0.4 is 15.4 Å². The van der Waals surface area contributed by atoms with Gasteiger partial charge in [-0.15, -0.1) is 11.3 Å². The number of amides is 2. The number of benzene rings is 2. The van der Waals surface area contributed by atoms with Gasteiger partial charge in [0.25, 0.3) is 0 Å². The van der Waals surface area contributed by atoms with Crippen LogP contribution in [0.2, 0.25) is 0 Å². The third-order valence-corrected chi connectivity index (χ3v) is 5.09. The zero-order chi connectivity index (χ0) is 21.3. The maximum atomic E-state index is 13.3. The number of aliphatic hydroxyl groups excluding tert-OH is 1. The number of thiazole rings is 1. The number of carbonyl (C=O) groups excluding carboxylic acids is 1. The number of aromatic nitrogens is 1. The van der Waals surface area contributed by atoms with Gasteiger partial charge in [-0.1, -0.05) is 0 Å². The molecule has 3 aromatic rings. The molecule has 0 saturated heterocycles. The van der Waals surface area contributed by atoms with Crippen LogP contribution in [0.4, 0.5) is 19.3 Å². The van der Waals surface area contributed by atoms with E-state index in [1.165, 1.54) is 35.6 Å². The standard InChI is InChI=1S/C21H22F2N4O2S/c22-16-4-2-15(3-5-16)19-14-30-21(26-18-8-6-17(23)7-9-18)27(19)12-1-10-24-20(29)25-11-13-28/h2-9,14,28H,1,10-13H2,(H2,24,25,29)/b26-21-. The number of carbonyl (C=O) groups is 1. The van der Waals surface area contributed by atoms with Crippen LogP contribution in [0.25, 0.3) is 11.3 Å². The van der Waals surface area contributed by atoms with Crippen molar-refractivity contribution >= 4 is 23.1 Å². The van der Waals surface area contributed by atoms with Crippen LogP contribution in [0, 0.1) is 11.6 Å². The maximum Gasteiger partial charge on any atom is 0.314 e. The van der Waals surface area contributed by atoms with E-state index < -0.39 is 0 Å². The predicted octanol–water partition coefficient (Wildman–Crippen LogP) is 3.41. The van der Waals surface area contributed by atoms with Crippen LogP contribution in [0.3, 0.4) is 0 Å². The highest BCUT2D eigenvalue weighted by molar-refractivity contribution is 7.07. The van der Waals surface area contributed by atoms with Crippen LogP contribution in [0.15, 0.2) is 58.9 Å². The lowest BCUT2D eigenvalue weighted by Crippen LogP contribution is -2.37. The molecule has 9 heteroatoms. The number of aliphatic hydroxyl groups is 1. The number of hydrogen-bond donors (Lipinski definition) is 3. The molecule has 1 aromatic heterocycles. The van der Waals surface area contributed by atoms with E-state index in [4.69, 9.17) is 5.11 Å². The molecule has 1 heterocycles. The van der Waals surface area contributed by atoms with Gasteiger partial charge in [-0.3, -0.25) is 0 Å². The smallest absolute Gasteiger partial charge is 0.314 e. The zero-order valence-corrected chi connectivity index (χ0v) is 17.0. The molecular weight excluding hydrogens is 410 g/mol. The first-order chi connectivity index (χ1) is 14.6. The molecule has 0 aliphatic rings. The van der Waals surface area contributed by atoms with Crippen LogP contribution >= 0.6 is 11.3 Å². The highest BCUT2D eigenvalue weighted by Gasteiger charge is 2.09. The lowest BCUT2D eigenvalue weighted by Gasteiger charge is -2.10. The monoisotopic (exact) mass is 432 g/mol. The Hall–Kier alpha value is -3.04. The van der Waals surface area contributed by atoms with Crippen molar-refractivity contribution in [3.63, 3.8) is 0 Å². The molecule has 3 rings (SSSR count). The number of halogens is 2. The van der Waals surface area contributed by atoms with E-state index in [-0.39, 0.29) is 30.8 Å². The Labute approximate surface area is 176 Å². The van der Waals surface area contributed by atoms with Gasteiger partial charge in [-0.05, 0) is 60.5 Å². The summed E-state index contributed by atoms with van der Waals surface area (Å²) in [7, 11) is 0. The molecule has 0 aliphatic heterocycles. The fraction of sp³-hybridized carbons (Fsp3) is 0.238. The Morgan fingerprint density at radius 2 is 1.63 bits per heavy atom. The third kappa shape index (κ3) is 5.98. The molecule has 0 fully saturated rings. The first-order valence-corrected chi connectivity index (χ1v) is 10.3. The molecule has 0 atom stereocenters. The molecule has 0 bridgehead atoms. The Kier molecular flexibility index (Phi) is 7.69. The van der Waals surface area contributed by atoms with E-state index in [1.807, 2.05) is 9.95 Å². The second kappa shape index (κ2) is 10.7. The molecule has 158 valence electrons. The van der Waals surface area contributed by atoms with Crippen molar-refractivity contribution in [1.82, 2.24) is 15.2 Å². The van der Waals surface area contributed by atoms with Crippen LogP contribution in [-0.2, 0) is 6.54 Å². The van der Waals surface area contributed by atoms with Gasteiger partial charge < -0.3 is 20.3 Å². The average Bonchev–Trinajstić information content (AvgIpc) is 3.14. The van der Waals surface area contributed by atoms with Gasteiger partial charge in [0.2, 0.25) is 0 Å². The Morgan fingerprint density at radius 3 is 2.30 bits per heavy atom. The Morgan fingerprint density at radius 1 is 1.00 bits per heavy atom. The topological polar surface area (TPSA) is 78.6 Å². The van der Waals surface area contributed by atoms with Crippen LogP contribution in [0.5, 0.6) is 0 Å². The summed E-state index contributed by atoms with van der Waals surface area (Å²) in [4.78, 5) is 16.9. The highest BCUT2D eigenvalue weighted by Crippen LogP contribution is 2.21. The summed E-state index contributed by atoms with van der Waals surface area (Å²) in [6, 6.07) is 11.8. The van der Waals surface area contributed by atoms with Crippen molar-refractivity contribution < 1.29 is 18.7 Å². The maximum absolute atomic E-state index is 13.3. The fourth-order valence-corrected chi connectivity index (χ4v) is 3.74. The quantitative estimate of drug-likeness (QED) is 0.477. The number of hydrogen-bond acceptors (Lipinski definition) is 4. The van der Waals surface area contributed by atoms with Gasteiger partial charge in [-0.2, -0.15) is 0 Å². The van der Waals surface area contributed by atoms with Gasteiger partial charge in [0.05, 0.1) is 18.0 Å². The molecule has 0 radical (unpaired) electrons. The summed E-state index contributed by atoms with van der Waals surface area (Å²) in [5, 5.41) is 15.9. The minimum Gasteiger partial charge on any atom is -0.395 e. The Balaban J connectivity index is 1.82. The van der Waals surface area contributed by atoms with E-state index >= 15 is 0 Å². The Bertz CT molecular complexity index is 1030. The summed E-state index contributed by atoms with van der Waals surface area (Å²) >= 11 is 1.43. The van der Waals surface area contributed by atoms with Crippen molar-refractivity contribution in [2.24, 2.45) is 4.99 Å². The molecule has 30 heavy (non-hydrogen) atoms. The molecule has 6 nitrogen and oxygen atoms in total. The minimum absolute atomic E-state index is 0.118. The molecule has 0 aliphatic carbocycles. The van der Waals surface area contributed by atoms with E-state index in [2.05, 4.69) is 15.6 Å². The van der Waals surface area contributed by atoms with E-state index in [0.29, 0.717) is 30.0 Å². The van der Waals surface area contributed by atoms with E-state index in [9.17, 15) is 13.6 Å². The van der Waals surface area contributed by atoms with E-state index in [0.717, 1.165) is 11.3 Å². The summed E-state index contributed by atoms with van der Waals surface area (Å²) < 4.78 is 28.5. The summed E-state index contributed by atoms with van der Waals surface area (Å²) in [6.07, 6.45) is 0.633. The van der Waals surface area contributed by atoms with Gasteiger partial charge in [0.15, 0.2) is 4.80 Å². The molecule has 3 N–H and O–H groups in total. The summed E-state index contributed by atoms with van der Waals surface area (Å²) in [5.41, 5.74) is 2.35. The van der Waals surface area contributed by atoms with Crippen molar-refractivity contribution in [2.75, 3.05) is 19.7 Å². The van der Waals surface area contributed by atoms with Crippen molar-refractivity contribution in [1.29, 1.82) is 0 Å². The summed E-state index contributed by atoms with van der Waals surface area (Å²) in [6.45, 7) is 1.07. The fourth-order valence-electron chi connectivity index (χ4n) is 2.78. The molecule has 0 unspecified atom stereocenters. The normalized spacial score (nSPS) is 11.5. The number of nitrogens with one attached hydrogen (secondary N) is 2. The second-order valence-corrected chi connectivity index (χ2v) is 7.25. The first kappa shape index (κ1) is 21.7. The predicted molar refractivity (Wildman–Crippen MR) is 112 cm³/mol. The number of urea groups is 1. The van der Waals surface area contributed by atoms with Crippen molar-refractivity contribution in [3.8, 4) is 11.3 Å². The average molecular weight is 432 g/mol. The van der Waals surface area contributed by atoms with Gasteiger partial charge in [-0.25, -0.2) is 18.6 Å². The first-order valence-electron chi connectivity index (χ1n) is 9.44. The van der Waals surface area contributed by atoms with Crippen LogP contribution in [-0.4, -0.2) is 35.4 Å². The van der Waals surface area contributed by atoms with Gasteiger partial charge in [0.1, 0.15) is 11.6 Å². The van der Waals surface area contributed by atoms with Gasteiger partial charge in [0, 0.05) is 25.0 Å². The lowest BCUT2D eigenvalue weighted by molar-refractivity contribution is 0.234. The minimum atomic E-state index is -0.339. The third-order valence-electron chi connectivity index (χ3n) is 4.23. The van der Waals surface area contributed by atoms with Crippen molar-refractivity contribution in [2.45, 2.75) is 13.0 Å². The number of rotatable bonds is 8. The molecule has 0 saturated carbocycles. The van der Waals surface area contributed by atoms with Crippen molar-refractivity contribution in [3.05, 3.63) is 70.3 Å². The molecule has 2 aromatic carbocycles. The zero-order valence-electron chi connectivity index (χ0n) is 16.1. The van der Waals surface area contributed by atoms with Gasteiger partial charge >= 0.3 is 6.03 Å². The molecule has 2 amide bonds. The lowest BCUT2D eigenvalue weighted by atomic mass is 10.1. The van der Waals surface area contributed by atoms with E-state index in [1.54, 1.807) is 24.3 Å². The largest absolute Gasteiger partial charge is 0.395 e. The SMILES string of the molecule is O=C(NCCO)NCCCn1c(-c2ccc(F)cc2)cs/c1=N\c1ccc(F)cc1. The summed E-state index contributed by atoms with van der Waals surface area (Å²) in [5.74, 6) is -0.639. The molecular formula is C21H22F2N4O2S. The number of nitrogens with zero attached hydrogens (tertiary/aromatic N) is 2. The second-order valence-electron chi connectivity index (χ2n) is 6.41.